The van der Waals surface area contributed by atoms with E-state index in [9.17, 15) is 9.59 Å². The van der Waals surface area contributed by atoms with Gasteiger partial charge in [0.25, 0.3) is 0 Å². The molecule has 0 aliphatic heterocycles. The maximum Gasteiger partial charge on any atom is 0.309 e. The van der Waals surface area contributed by atoms with Gasteiger partial charge in [-0.3, -0.25) is 14.5 Å². The summed E-state index contributed by atoms with van der Waals surface area (Å²) in [4.78, 5) is 30.1. The van der Waals surface area contributed by atoms with Crippen molar-refractivity contribution in [3.63, 3.8) is 0 Å². The monoisotopic (exact) mass is 424 g/mol. The van der Waals surface area contributed by atoms with Crippen LogP contribution in [0.4, 0.5) is 10.8 Å². The number of esters is 1. The van der Waals surface area contributed by atoms with Crippen LogP contribution in [0.2, 0.25) is 0 Å². The molecule has 0 bridgehead atoms. The molecule has 2 aromatic carbocycles. The lowest BCUT2D eigenvalue weighted by molar-refractivity contribution is -0.145. The molecule has 3 rings (SSSR count). The maximum atomic E-state index is 12.1. The summed E-state index contributed by atoms with van der Waals surface area (Å²) in [5.41, 5.74) is 3.47. The minimum atomic E-state index is -0.360. The van der Waals surface area contributed by atoms with Crippen molar-refractivity contribution in [1.29, 1.82) is 0 Å². The van der Waals surface area contributed by atoms with Gasteiger partial charge in [0, 0.05) is 12.3 Å². The Balaban J connectivity index is 1.51. The number of anilines is 2. The van der Waals surface area contributed by atoms with Crippen LogP contribution >= 0.6 is 11.3 Å². The third-order valence-electron chi connectivity index (χ3n) is 4.35. The highest BCUT2D eigenvalue weighted by Crippen LogP contribution is 2.29. The number of amides is 1. The van der Waals surface area contributed by atoms with Gasteiger partial charge in [-0.1, -0.05) is 30.3 Å². The summed E-state index contributed by atoms with van der Waals surface area (Å²) >= 11 is 1.33. The number of thiazole rings is 1. The van der Waals surface area contributed by atoms with Crippen molar-refractivity contribution < 1.29 is 19.1 Å². The zero-order valence-electron chi connectivity index (χ0n) is 17.3. The summed E-state index contributed by atoms with van der Waals surface area (Å²) in [5, 5.41) is 2.33. The maximum absolute atomic E-state index is 12.1. The molecule has 0 atom stereocenters. The Morgan fingerprint density at radius 3 is 2.60 bits per heavy atom. The number of ether oxygens (including phenoxy) is 2. The molecule has 6 nitrogen and oxygen atoms in total. The van der Waals surface area contributed by atoms with Gasteiger partial charge in [0.05, 0.1) is 24.4 Å². The fraction of sp³-hybridized carbons (Fsp3) is 0.261. The number of rotatable bonds is 8. The molecule has 0 saturated carbocycles. The van der Waals surface area contributed by atoms with Gasteiger partial charge in [-0.2, -0.15) is 0 Å². The molecule has 0 spiro atoms. The number of nitrogens with zero attached hydrogens (tertiary/aromatic N) is 2. The fourth-order valence-electron chi connectivity index (χ4n) is 2.80. The first kappa shape index (κ1) is 21.5. The Bertz CT molecular complexity index is 1020. The highest BCUT2D eigenvalue weighted by molar-refractivity contribution is 7.14. The van der Waals surface area contributed by atoms with Crippen molar-refractivity contribution in [1.82, 2.24) is 4.98 Å². The van der Waals surface area contributed by atoms with E-state index in [1.807, 2.05) is 62.4 Å². The van der Waals surface area contributed by atoms with Crippen molar-refractivity contribution in [2.75, 3.05) is 11.5 Å². The van der Waals surface area contributed by atoms with Gasteiger partial charge in [-0.05, 0) is 43.2 Å². The van der Waals surface area contributed by atoms with Crippen LogP contribution in [0.3, 0.4) is 0 Å². The summed E-state index contributed by atoms with van der Waals surface area (Å²) in [6.07, 6.45) is 0.147. The Labute approximate surface area is 180 Å². The van der Waals surface area contributed by atoms with Gasteiger partial charge in [0.15, 0.2) is 5.13 Å². The van der Waals surface area contributed by atoms with Crippen LogP contribution in [-0.2, 0) is 20.9 Å². The molecular weight excluding hydrogens is 400 g/mol. The SMILES string of the molecule is CC(=O)N(c1ccccc1)c1nc(COC(=O)CCOc2cc(C)ccc2C)cs1. The smallest absolute Gasteiger partial charge is 0.309 e. The molecule has 0 saturated heterocycles. The van der Waals surface area contributed by atoms with Gasteiger partial charge in [-0.25, -0.2) is 4.98 Å². The molecule has 0 aliphatic carbocycles. The topological polar surface area (TPSA) is 68.7 Å². The molecule has 0 radical (unpaired) electrons. The van der Waals surface area contributed by atoms with E-state index in [-0.39, 0.29) is 31.5 Å². The van der Waals surface area contributed by atoms with Crippen molar-refractivity contribution in [3.8, 4) is 5.75 Å². The fourth-order valence-corrected chi connectivity index (χ4v) is 3.67. The van der Waals surface area contributed by atoms with E-state index in [1.165, 1.54) is 23.2 Å². The average molecular weight is 425 g/mol. The van der Waals surface area contributed by atoms with Gasteiger partial charge < -0.3 is 9.47 Å². The number of hydrogen-bond acceptors (Lipinski definition) is 6. The second-order valence-corrected chi connectivity index (χ2v) is 7.68. The quantitative estimate of drug-likeness (QED) is 0.478. The van der Waals surface area contributed by atoms with E-state index in [0.717, 1.165) is 22.6 Å². The lowest BCUT2D eigenvalue weighted by atomic mass is 10.1. The third kappa shape index (κ3) is 5.67. The van der Waals surface area contributed by atoms with Crippen molar-refractivity contribution in [2.24, 2.45) is 0 Å². The zero-order valence-corrected chi connectivity index (χ0v) is 18.1. The number of carbonyl (C=O) groups is 2. The van der Waals surface area contributed by atoms with Crippen LogP contribution in [-0.4, -0.2) is 23.5 Å². The molecule has 1 heterocycles. The lowest BCUT2D eigenvalue weighted by Crippen LogP contribution is -2.22. The molecule has 0 fully saturated rings. The number of carbonyl (C=O) groups excluding carboxylic acids is 2. The third-order valence-corrected chi connectivity index (χ3v) is 5.22. The second kappa shape index (κ2) is 10.0. The van der Waals surface area contributed by atoms with Crippen LogP contribution in [0.25, 0.3) is 0 Å². The summed E-state index contributed by atoms with van der Waals surface area (Å²) in [6.45, 7) is 5.75. The molecule has 7 heteroatoms. The normalized spacial score (nSPS) is 10.5. The summed E-state index contributed by atoms with van der Waals surface area (Å²) in [6, 6.07) is 15.3. The predicted molar refractivity (Wildman–Crippen MR) is 117 cm³/mol. The first-order valence-electron chi connectivity index (χ1n) is 9.60. The Hall–Kier alpha value is -3.19. The zero-order chi connectivity index (χ0) is 21.5. The predicted octanol–water partition coefficient (Wildman–Crippen LogP) is 4.96. The van der Waals surface area contributed by atoms with E-state index in [0.29, 0.717) is 10.8 Å². The van der Waals surface area contributed by atoms with Crippen molar-refractivity contribution >= 4 is 34.0 Å². The Morgan fingerprint density at radius 1 is 1.10 bits per heavy atom. The van der Waals surface area contributed by atoms with Gasteiger partial charge in [0.1, 0.15) is 12.4 Å². The van der Waals surface area contributed by atoms with Gasteiger partial charge >= 0.3 is 5.97 Å². The lowest BCUT2D eigenvalue weighted by Gasteiger charge is -2.17. The summed E-state index contributed by atoms with van der Waals surface area (Å²) in [7, 11) is 0. The molecule has 1 aromatic heterocycles. The summed E-state index contributed by atoms with van der Waals surface area (Å²) < 4.78 is 11.0. The molecule has 30 heavy (non-hydrogen) atoms. The van der Waals surface area contributed by atoms with Crippen LogP contribution in [0, 0.1) is 13.8 Å². The number of aryl methyl sites for hydroxylation is 2. The van der Waals surface area contributed by atoms with Crippen LogP contribution < -0.4 is 9.64 Å². The van der Waals surface area contributed by atoms with Crippen LogP contribution in [0.15, 0.2) is 53.9 Å². The standard InChI is InChI=1S/C23H24N2O4S/c1-16-9-10-17(2)21(13-16)28-12-11-22(27)29-14-19-15-30-23(24-19)25(18(3)26)20-7-5-4-6-8-20/h4-10,13,15H,11-12,14H2,1-3H3. The second-order valence-electron chi connectivity index (χ2n) is 6.84. The van der Waals surface area contributed by atoms with E-state index in [4.69, 9.17) is 9.47 Å². The Morgan fingerprint density at radius 2 is 1.87 bits per heavy atom. The van der Waals surface area contributed by atoms with E-state index < -0.39 is 0 Å². The average Bonchev–Trinajstić information content (AvgIpc) is 3.18. The highest BCUT2D eigenvalue weighted by atomic mass is 32.1. The number of benzene rings is 2. The molecule has 0 aliphatic rings. The van der Waals surface area contributed by atoms with Crippen molar-refractivity contribution in [2.45, 2.75) is 33.8 Å². The molecule has 156 valence electrons. The number of hydrogen-bond donors (Lipinski definition) is 0. The number of aromatic nitrogens is 1. The number of para-hydroxylation sites is 1. The largest absolute Gasteiger partial charge is 0.493 e. The van der Waals surface area contributed by atoms with E-state index in [1.54, 1.807) is 5.38 Å². The highest BCUT2D eigenvalue weighted by Gasteiger charge is 2.18. The minimum absolute atomic E-state index is 0.0549. The van der Waals surface area contributed by atoms with E-state index >= 15 is 0 Å². The molecule has 3 aromatic rings. The molecule has 0 N–H and O–H groups in total. The molecular formula is C23H24N2O4S. The first-order valence-corrected chi connectivity index (χ1v) is 10.5. The summed E-state index contributed by atoms with van der Waals surface area (Å²) in [5.74, 6) is 0.279. The molecule has 0 unspecified atom stereocenters. The van der Waals surface area contributed by atoms with Crippen molar-refractivity contribution in [3.05, 3.63) is 70.7 Å². The van der Waals surface area contributed by atoms with Gasteiger partial charge in [-0.15, -0.1) is 11.3 Å². The minimum Gasteiger partial charge on any atom is -0.493 e. The molecule has 1 amide bonds. The van der Waals surface area contributed by atoms with Crippen LogP contribution in [0.1, 0.15) is 30.2 Å². The first-order chi connectivity index (χ1) is 14.4. The van der Waals surface area contributed by atoms with E-state index in [2.05, 4.69) is 4.98 Å². The van der Waals surface area contributed by atoms with Crippen LogP contribution in [0.5, 0.6) is 5.75 Å². The Kier molecular flexibility index (Phi) is 7.19. The van der Waals surface area contributed by atoms with Gasteiger partial charge in [0.2, 0.25) is 5.91 Å².